The van der Waals surface area contributed by atoms with E-state index >= 15 is 0 Å². The Bertz CT molecular complexity index is 1180. The lowest BCUT2D eigenvalue weighted by Crippen LogP contribution is -2.26. The molecule has 1 aromatic carbocycles. The first-order valence-electron chi connectivity index (χ1n) is 10.2. The molecule has 0 aliphatic heterocycles. The first-order chi connectivity index (χ1) is 15.0. The number of carbonyl (C=O) groups is 2. The van der Waals surface area contributed by atoms with Gasteiger partial charge in [-0.15, -0.1) is 11.3 Å². The molecular weight excluding hydrogens is 418 g/mol. The van der Waals surface area contributed by atoms with E-state index in [2.05, 4.69) is 10.4 Å². The van der Waals surface area contributed by atoms with Crippen LogP contribution in [0.3, 0.4) is 0 Å². The van der Waals surface area contributed by atoms with Crippen LogP contribution in [0.2, 0.25) is 0 Å². The van der Waals surface area contributed by atoms with E-state index in [1.54, 1.807) is 43.7 Å². The number of hydrogen-bond acceptors (Lipinski definition) is 7. The van der Waals surface area contributed by atoms with Crippen molar-refractivity contribution in [1.29, 1.82) is 0 Å². The summed E-state index contributed by atoms with van der Waals surface area (Å²) in [4.78, 5) is 38.6. The van der Waals surface area contributed by atoms with E-state index < -0.39 is 11.5 Å². The van der Waals surface area contributed by atoms with Gasteiger partial charge in [-0.25, -0.2) is 4.79 Å². The molecule has 1 saturated carbocycles. The number of aromatic nitrogens is 2. The molecule has 3 aromatic rings. The van der Waals surface area contributed by atoms with Gasteiger partial charge in [-0.2, -0.15) is 9.78 Å². The van der Waals surface area contributed by atoms with Crippen molar-refractivity contribution in [3.8, 4) is 11.4 Å². The Balaban J connectivity index is 1.85. The molecule has 1 aliphatic rings. The maximum Gasteiger partial charge on any atom is 0.359 e. The Labute approximate surface area is 182 Å². The molecule has 0 radical (unpaired) electrons. The average molecular weight is 442 g/mol. The first kappa shape index (κ1) is 21.0. The van der Waals surface area contributed by atoms with Crippen LogP contribution in [0.15, 0.2) is 34.4 Å². The summed E-state index contributed by atoms with van der Waals surface area (Å²) in [7, 11) is 1.55. The second-order valence-corrected chi connectivity index (χ2v) is 8.19. The van der Waals surface area contributed by atoms with Gasteiger partial charge in [0.05, 0.1) is 24.8 Å². The summed E-state index contributed by atoms with van der Waals surface area (Å²) in [6, 6.07) is 6.76. The van der Waals surface area contributed by atoms with E-state index in [1.165, 1.54) is 11.3 Å². The summed E-state index contributed by atoms with van der Waals surface area (Å²) >= 11 is 1.21. The third-order valence-electron chi connectivity index (χ3n) is 5.40. The lowest BCUT2D eigenvalue weighted by atomic mass is 10.1. The number of anilines is 1. The fourth-order valence-electron chi connectivity index (χ4n) is 3.79. The van der Waals surface area contributed by atoms with Gasteiger partial charge in [0, 0.05) is 16.7 Å². The van der Waals surface area contributed by atoms with Crippen molar-refractivity contribution in [2.24, 2.45) is 5.92 Å². The molecule has 2 heterocycles. The molecule has 0 spiro atoms. The Hall–Kier alpha value is -3.20. The number of benzene rings is 1. The molecule has 0 bridgehead atoms. The minimum atomic E-state index is -0.624. The van der Waals surface area contributed by atoms with Crippen LogP contribution in [-0.2, 0) is 9.53 Å². The molecule has 162 valence electrons. The smallest absolute Gasteiger partial charge is 0.359 e. The molecule has 8 nitrogen and oxygen atoms in total. The quantitative estimate of drug-likeness (QED) is 0.585. The highest BCUT2D eigenvalue weighted by Crippen LogP contribution is 2.33. The molecule has 4 rings (SSSR count). The van der Waals surface area contributed by atoms with Gasteiger partial charge < -0.3 is 14.8 Å². The van der Waals surface area contributed by atoms with Gasteiger partial charge in [0.15, 0.2) is 5.69 Å². The predicted molar refractivity (Wildman–Crippen MR) is 118 cm³/mol. The monoisotopic (exact) mass is 441 g/mol. The number of hydrogen-bond donors (Lipinski definition) is 1. The molecule has 9 heteroatoms. The number of rotatable bonds is 6. The summed E-state index contributed by atoms with van der Waals surface area (Å²) in [5.41, 5.74) is 0.0820. The number of carbonyl (C=O) groups excluding carboxylic acids is 2. The second kappa shape index (κ2) is 8.89. The minimum absolute atomic E-state index is 0.0323. The van der Waals surface area contributed by atoms with Crippen LogP contribution in [0.25, 0.3) is 16.5 Å². The Kier molecular flexibility index (Phi) is 6.03. The molecule has 31 heavy (non-hydrogen) atoms. The van der Waals surface area contributed by atoms with Gasteiger partial charge >= 0.3 is 5.97 Å². The van der Waals surface area contributed by atoms with E-state index in [0.29, 0.717) is 21.8 Å². The number of methoxy groups -OCH3 is 1. The van der Waals surface area contributed by atoms with Gasteiger partial charge in [0.1, 0.15) is 10.8 Å². The summed E-state index contributed by atoms with van der Waals surface area (Å²) < 4.78 is 11.5. The van der Waals surface area contributed by atoms with Gasteiger partial charge in [0.25, 0.3) is 5.56 Å². The van der Waals surface area contributed by atoms with E-state index in [0.717, 1.165) is 30.4 Å². The van der Waals surface area contributed by atoms with Crippen LogP contribution < -0.4 is 15.6 Å². The van der Waals surface area contributed by atoms with Crippen molar-refractivity contribution in [2.75, 3.05) is 19.0 Å². The zero-order valence-electron chi connectivity index (χ0n) is 17.3. The second-order valence-electron chi connectivity index (χ2n) is 7.31. The summed E-state index contributed by atoms with van der Waals surface area (Å²) in [6.45, 7) is 1.88. The van der Waals surface area contributed by atoms with Gasteiger partial charge in [-0.1, -0.05) is 12.8 Å². The van der Waals surface area contributed by atoms with Gasteiger partial charge in [0.2, 0.25) is 5.91 Å². The van der Waals surface area contributed by atoms with Crippen molar-refractivity contribution >= 4 is 39.0 Å². The Morgan fingerprint density at radius 2 is 1.94 bits per heavy atom. The van der Waals surface area contributed by atoms with Gasteiger partial charge in [-0.05, 0) is 44.0 Å². The number of esters is 1. The highest BCUT2D eigenvalue weighted by molar-refractivity contribution is 7.16. The minimum Gasteiger partial charge on any atom is -0.497 e. The zero-order valence-corrected chi connectivity index (χ0v) is 18.2. The zero-order chi connectivity index (χ0) is 22.0. The van der Waals surface area contributed by atoms with E-state index in [9.17, 15) is 14.4 Å². The molecule has 0 unspecified atom stereocenters. The topological polar surface area (TPSA) is 99.5 Å². The molecule has 0 saturated heterocycles. The largest absolute Gasteiger partial charge is 0.497 e. The van der Waals surface area contributed by atoms with Gasteiger partial charge in [-0.3, -0.25) is 9.59 Å². The molecule has 1 N–H and O–H groups in total. The van der Waals surface area contributed by atoms with Crippen LogP contribution in [-0.4, -0.2) is 35.4 Å². The Morgan fingerprint density at radius 1 is 1.23 bits per heavy atom. The number of thiophene rings is 1. The van der Waals surface area contributed by atoms with Crippen LogP contribution in [0.1, 0.15) is 43.1 Å². The van der Waals surface area contributed by atoms with E-state index in [1.807, 2.05) is 0 Å². The number of nitrogens with one attached hydrogen (secondary N) is 1. The van der Waals surface area contributed by atoms with Crippen molar-refractivity contribution in [3.63, 3.8) is 0 Å². The van der Waals surface area contributed by atoms with E-state index in [4.69, 9.17) is 9.47 Å². The molecule has 0 atom stereocenters. The number of ether oxygens (including phenoxy) is 2. The number of nitrogens with zero attached hydrogens (tertiary/aromatic N) is 2. The molecule has 1 fully saturated rings. The van der Waals surface area contributed by atoms with Crippen LogP contribution in [0, 0.1) is 5.92 Å². The molecule has 2 aromatic heterocycles. The Morgan fingerprint density at radius 3 is 2.58 bits per heavy atom. The van der Waals surface area contributed by atoms with Crippen molar-refractivity contribution in [3.05, 3.63) is 45.7 Å². The fraction of sp³-hybridized carbons (Fsp3) is 0.364. The molecule has 1 aliphatic carbocycles. The number of amides is 1. The van der Waals surface area contributed by atoms with Crippen LogP contribution in [0.4, 0.5) is 5.00 Å². The lowest BCUT2D eigenvalue weighted by Gasteiger charge is -2.11. The molecular formula is C22H23N3O5S. The standard InChI is InChI=1S/C22H23N3O5S/c1-3-30-22(28)18-16-12-31-20(23-19(26)13-6-4-5-7-13)17(16)21(27)25(24-18)14-8-10-15(29-2)11-9-14/h8-13H,3-7H2,1-2H3,(H,23,26). The van der Waals surface area contributed by atoms with Crippen LogP contribution in [0.5, 0.6) is 5.75 Å². The fourth-order valence-corrected chi connectivity index (χ4v) is 4.73. The molecule has 1 amide bonds. The lowest BCUT2D eigenvalue weighted by molar-refractivity contribution is -0.119. The SMILES string of the molecule is CCOC(=O)c1nn(-c2ccc(OC)cc2)c(=O)c2c(NC(=O)C3CCCC3)scc12. The highest BCUT2D eigenvalue weighted by atomic mass is 32.1. The first-order valence-corrected chi connectivity index (χ1v) is 11.1. The predicted octanol–water partition coefficient (Wildman–Crippen LogP) is 3.76. The summed E-state index contributed by atoms with van der Waals surface area (Å²) in [5.74, 6) is -0.136. The third kappa shape index (κ3) is 4.05. The summed E-state index contributed by atoms with van der Waals surface area (Å²) in [5, 5.41) is 9.92. The van der Waals surface area contributed by atoms with Crippen molar-refractivity contribution < 1.29 is 19.1 Å². The maximum absolute atomic E-state index is 13.4. The normalized spacial score (nSPS) is 14.0. The summed E-state index contributed by atoms with van der Waals surface area (Å²) in [6.07, 6.45) is 3.76. The number of fused-ring (bicyclic) bond motifs is 1. The highest BCUT2D eigenvalue weighted by Gasteiger charge is 2.26. The average Bonchev–Trinajstić information content (AvgIpc) is 3.45. The van der Waals surface area contributed by atoms with Crippen molar-refractivity contribution in [2.45, 2.75) is 32.6 Å². The third-order valence-corrected chi connectivity index (χ3v) is 6.30. The van der Waals surface area contributed by atoms with Crippen LogP contribution >= 0.6 is 11.3 Å². The maximum atomic E-state index is 13.4. The van der Waals surface area contributed by atoms with Crippen molar-refractivity contribution in [1.82, 2.24) is 9.78 Å². The van der Waals surface area contributed by atoms with E-state index in [-0.39, 0.29) is 29.5 Å².